The molecular formula is C19H18FN7O3. The molecule has 154 valence electrons. The summed E-state index contributed by atoms with van der Waals surface area (Å²) in [5.41, 5.74) is 11.8. The highest BCUT2D eigenvalue weighted by Gasteiger charge is 2.37. The van der Waals surface area contributed by atoms with Crippen LogP contribution in [0.1, 0.15) is 0 Å². The van der Waals surface area contributed by atoms with E-state index >= 15 is 0 Å². The minimum atomic E-state index is -1.13. The van der Waals surface area contributed by atoms with Gasteiger partial charge in [0.05, 0.1) is 10.9 Å². The van der Waals surface area contributed by atoms with Crippen LogP contribution < -0.4 is 16.2 Å². The molecule has 0 fully saturated rings. The van der Waals surface area contributed by atoms with E-state index in [0.29, 0.717) is 10.9 Å². The zero-order valence-electron chi connectivity index (χ0n) is 15.8. The van der Waals surface area contributed by atoms with Crippen LogP contribution in [-0.4, -0.2) is 51.9 Å². The third-order valence-electron chi connectivity index (χ3n) is 4.59. The Morgan fingerprint density at radius 1 is 1.20 bits per heavy atom. The molecule has 1 aromatic heterocycles. The van der Waals surface area contributed by atoms with Crippen molar-refractivity contribution in [3.63, 3.8) is 0 Å². The summed E-state index contributed by atoms with van der Waals surface area (Å²) in [7, 11) is 1.61. The molecule has 10 nitrogen and oxygen atoms in total. The Balaban J connectivity index is 1.79. The average molecular weight is 411 g/mol. The average Bonchev–Trinajstić information content (AvgIpc) is 3.08. The highest BCUT2D eigenvalue weighted by atomic mass is 19.1. The van der Waals surface area contributed by atoms with Crippen molar-refractivity contribution in [1.29, 1.82) is 5.41 Å². The van der Waals surface area contributed by atoms with E-state index in [2.05, 4.69) is 10.1 Å². The van der Waals surface area contributed by atoms with Gasteiger partial charge in [0.2, 0.25) is 11.8 Å². The maximum absolute atomic E-state index is 14.1. The summed E-state index contributed by atoms with van der Waals surface area (Å²) in [6.45, 7) is 0. The Labute approximate surface area is 170 Å². The normalized spacial score (nSPS) is 19.0. The SMILES string of the molecule is CN1C(n2nc(Oc3ccccc3F)c3ccccc32)=NC(=N)C(OC(N)=O)C1N. The lowest BCUT2D eigenvalue weighted by Gasteiger charge is -2.35. The Morgan fingerprint density at radius 2 is 1.90 bits per heavy atom. The largest absolute Gasteiger partial charge is 0.434 e. The number of hydrogen-bond donors (Lipinski definition) is 3. The quantitative estimate of drug-likeness (QED) is 0.600. The van der Waals surface area contributed by atoms with Crippen LogP contribution in [0.4, 0.5) is 9.18 Å². The van der Waals surface area contributed by atoms with Crippen molar-refractivity contribution in [3.8, 4) is 11.6 Å². The number of aromatic nitrogens is 2. The molecule has 0 spiro atoms. The summed E-state index contributed by atoms with van der Waals surface area (Å²) in [5.74, 6) is -0.436. The van der Waals surface area contributed by atoms with E-state index in [1.54, 1.807) is 43.4 Å². The minimum Gasteiger partial charge on any atom is -0.434 e. The van der Waals surface area contributed by atoms with Crippen LogP contribution >= 0.6 is 0 Å². The highest BCUT2D eigenvalue weighted by molar-refractivity contribution is 6.04. The van der Waals surface area contributed by atoms with Gasteiger partial charge in [0.1, 0.15) is 6.17 Å². The monoisotopic (exact) mass is 411 g/mol. The summed E-state index contributed by atoms with van der Waals surface area (Å²) < 4.78 is 26.1. The lowest BCUT2D eigenvalue weighted by atomic mass is 10.2. The number of carbonyl (C=O) groups excluding carboxylic acids is 1. The molecule has 0 saturated heterocycles. The second-order valence-electron chi connectivity index (χ2n) is 6.52. The maximum atomic E-state index is 14.1. The van der Waals surface area contributed by atoms with Crippen LogP contribution in [0.25, 0.3) is 10.9 Å². The van der Waals surface area contributed by atoms with Crippen molar-refractivity contribution in [2.24, 2.45) is 16.5 Å². The first-order chi connectivity index (χ1) is 14.4. The van der Waals surface area contributed by atoms with Crippen LogP contribution in [0.15, 0.2) is 53.5 Å². The molecule has 2 aromatic carbocycles. The van der Waals surface area contributed by atoms with Gasteiger partial charge in [0.25, 0.3) is 0 Å². The summed E-state index contributed by atoms with van der Waals surface area (Å²) in [5, 5.41) is 13.1. The van der Waals surface area contributed by atoms with Gasteiger partial charge in [-0.2, -0.15) is 9.67 Å². The molecule has 30 heavy (non-hydrogen) atoms. The Morgan fingerprint density at radius 3 is 2.63 bits per heavy atom. The van der Waals surface area contributed by atoms with Crippen molar-refractivity contribution in [2.75, 3.05) is 7.05 Å². The first kappa shape index (κ1) is 19.3. The van der Waals surface area contributed by atoms with Gasteiger partial charge in [0.15, 0.2) is 23.5 Å². The highest BCUT2D eigenvalue weighted by Crippen LogP contribution is 2.31. The number of rotatable bonds is 3. The van der Waals surface area contributed by atoms with Crippen LogP contribution in [0.2, 0.25) is 0 Å². The molecule has 4 rings (SSSR count). The Hall–Kier alpha value is -3.99. The molecular weight excluding hydrogens is 393 g/mol. The number of hydrogen-bond acceptors (Lipinski definition) is 7. The molecule has 0 aliphatic carbocycles. The molecule has 1 aliphatic rings. The molecule has 1 amide bonds. The fourth-order valence-electron chi connectivity index (χ4n) is 3.09. The van der Waals surface area contributed by atoms with E-state index in [9.17, 15) is 9.18 Å². The van der Waals surface area contributed by atoms with Crippen molar-refractivity contribution >= 4 is 28.8 Å². The van der Waals surface area contributed by atoms with Gasteiger partial charge in [-0.1, -0.05) is 24.3 Å². The fraction of sp³-hybridized carbons (Fsp3) is 0.158. The molecule has 3 aromatic rings. The second kappa shape index (κ2) is 7.44. The summed E-state index contributed by atoms with van der Waals surface area (Å²) in [4.78, 5) is 16.8. The van der Waals surface area contributed by atoms with Crippen LogP contribution in [-0.2, 0) is 4.74 Å². The van der Waals surface area contributed by atoms with Crippen LogP contribution in [0, 0.1) is 11.2 Å². The number of fused-ring (bicyclic) bond motifs is 1. The van der Waals surface area contributed by atoms with Crippen LogP contribution in [0.5, 0.6) is 11.6 Å². The Kier molecular flexibility index (Phi) is 4.80. The first-order valence-corrected chi connectivity index (χ1v) is 8.89. The lowest BCUT2D eigenvalue weighted by Crippen LogP contribution is -2.59. The number of amidine groups is 1. The van der Waals surface area contributed by atoms with E-state index in [-0.39, 0.29) is 23.4 Å². The predicted octanol–water partition coefficient (Wildman–Crippen LogP) is 1.84. The number of primary amides is 1. The topological polar surface area (TPSA) is 145 Å². The van der Waals surface area contributed by atoms with E-state index in [1.807, 2.05) is 0 Å². The van der Waals surface area contributed by atoms with Crippen molar-refractivity contribution in [3.05, 3.63) is 54.3 Å². The van der Waals surface area contributed by atoms with Gasteiger partial charge in [0, 0.05) is 7.05 Å². The zero-order chi connectivity index (χ0) is 21.4. The number of carbonyl (C=O) groups is 1. The number of para-hydroxylation sites is 2. The Bertz CT molecular complexity index is 1180. The minimum absolute atomic E-state index is 0.0196. The van der Waals surface area contributed by atoms with Gasteiger partial charge in [-0.05, 0) is 24.3 Å². The van der Waals surface area contributed by atoms with E-state index in [4.69, 9.17) is 26.4 Å². The van der Waals surface area contributed by atoms with Gasteiger partial charge in [-0.25, -0.2) is 9.18 Å². The number of nitrogens with two attached hydrogens (primary N) is 2. The van der Waals surface area contributed by atoms with Gasteiger partial charge >= 0.3 is 6.09 Å². The van der Waals surface area contributed by atoms with E-state index in [0.717, 1.165) is 0 Å². The number of halogens is 1. The number of nitrogens with zero attached hydrogens (tertiary/aromatic N) is 4. The number of aliphatic imine (C=N–C) groups is 1. The fourth-order valence-corrected chi connectivity index (χ4v) is 3.09. The first-order valence-electron chi connectivity index (χ1n) is 8.89. The summed E-state index contributed by atoms with van der Waals surface area (Å²) in [6, 6.07) is 13.1. The molecule has 1 aliphatic heterocycles. The maximum Gasteiger partial charge on any atom is 0.405 e. The van der Waals surface area contributed by atoms with Gasteiger partial charge in [-0.15, -0.1) is 5.10 Å². The van der Waals surface area contributed by atoms with Crippen LogP contribution in [0.3, 0.4) is 0 Å². The number of likely N-dealkylation sites (N-methyl/N-ethyl adjacent to an activating group) is 1. The number of nitrogens with one attached hydrogen (secondary N) is 1. The zero-order valence-corrected chi connectivity index (χ0v) is 15.8. The van der Waals surface area contributed by atoms with Gasteiger partial charge in [-0.3, -0.25) is 5.41 Å². The van der Waals surface area contributed by atoms with Crippen molar-refractivity contribution < 1.29 is 18.7 Å². The number of benzene rings is 2. The molecule has 2 atom stereocenters. The third kappa shape index (κ3) is 3.31. The molecule has 2 unspecified atom stereocenters. The van der Waals surface area contributed by atoms with Gasteiger partial charge < -0.3 is 25.8 Å². The molecule has 11 heteroatoms. The van der Waals surface area contributed by atoms with Crippen molar-refractivity contribution in [2.45, 2.75) is 12.3 Å². The molecule has 0 bridgehead atoms. The summed E-state index contributed by atoms with van der Waals surface area (Å²) in [6.07, 6.45) is -3.11. The standard InChI is InChI=1S/C19H18FN7O3/c1-26-16(22)14(30-18(23)28)15(21)24-19(26)27-12-8-4-2-6-10(12)17(25-27)29-13-9-5-3-7-11(13)20/h2-9,14,16,21H,22H2,1H3,(H2,23,28). The third-order valence-corrected chi connectivity index (χ3v) is 4.59. The summed E-state index contributed by atoms with van der Waals surface area (Å²) >= 11 is 0. The lowest BCUT2D eigenvalue weighted by molar-refractivity contribution is 0.0951. The smallest absolute Gasteiger partial charge is 0.405 e. The molecule has 5 N–H and O–H groups in total. The molecule has 0 saturated carbocycles. The van der Waals surface area contributed by atoms with Crippen molar-refractivity contribution in [1.82, 2.24) is 14.7 Å². The second-order valence-corrected chi connectivity index (χ2v) is 6.52. The number of amides is 1. The molecule has 2 heterocycles. The van der Waals surface area contributed by atoms with E-state index in [1.165, 1.54) is 21.7 Å². The predicted molar refractivity (Wildman–Crippen MR) is 107 cm³/mol. The number of ether oxygens (including phenoxy) is 2. The molecule has 0 radical (unpaired) electrons. The van der Waals surface area contributed by atoms with E-state index < -0.39 is 24.2 Å².